The fourth-order valence-electron chi connectivity index (χ4n) is 2.98. The Bertz CT molecular complexity index is 751. The molecule has 0 fully saturated rings. The Hall–Kier alpha value is -2.95. The lowest BCUT2D eigenvalue weighted by atomic mass is 10.0. The van der Waals surface area contributed by atoms with Gasteiger partial charge in [0.2, 0.25) is 5.96 Å². The van der Waals surface area contributed by atoms with Crippen LogP contribution < -0.4 is 15.4 Å². The number of rotatable bonds is 6. The average Bonchev–Trinajstić information content (AvgIpc) is 2.66. The number of benzene rings is 1. The SMILES string of the molecule is CCNC(=NCCN(CC1CCc2ccccc2O1)C(=O)OC(C)(C)C)NC#N. The number of amides is 1. The molecule has 1 aliphatic rings. The zero-order valence-electron chi connectivity index (χ0n) is 17.7. The molecular formula is C21H31N5O3. The van der Waals surface area contributed by atoms with E-state index in [2.05, 4.69) is 21.7 Å². The predicted octanol–water partition coefficient (Wildman–Crippen LogP) is 2.65. The van der Waals surface area contributed by atoms with Crippen LogP contribution in [-0.4, -0.2) is 54.8 Å². The van der Waals surface area contributed by atoms with Gasteiger partial charge in [-0.1, -0.05) is 18.2 Å². The van der Waals surface area contributed by atoms with Crippen molar-refractivity contribution >= 4 is 12.1 Å². The summed E-state index contributed by atoms with van der Waals surface area (Å²) >= 11 is 0. The van der Waals surface area contributed by atoms with E-state index in [9.17, 15) is 4.79 Å². The molecule has 0 saturated carbocycles. The third-order valence-corrected chi connectivity index (χ3v) is 4.24. The number of hydrogen-bond donors (Lipinski definition) is 2. The summed E-state index contributed by atoms with van der Waals surface area (Å²) in [6, 6.07) is 7.98. The number of carbonyl (C=O) groups is 1. The quantitative estimate of drug-likeness (QED) is 0.329. The van der Waals surface area contributed by atoms with Crippen LogP contribution in [-0.2, 0) is 11.2 Å². The maximum absolute atomic E-state index is 12.7. The number of para-hydroxylation sites is 1. The van der Waals surface area contributed by atoms with Crippen LogP contribution in [0.25, 0.3) is 0 Å². The predicted molar refractivity (Wildman–Crippen MR) is 112 cm³/mol. The number of ether oxygens (including phenoxy) is 2. The van der Waals surface area contributed by atoms with E-state index in [-0.39, 0.29) is 6.10 Å². The lowest BCUT2D eigenvalue weighted by Gasteiger charge is -2.32. The second-order valence-electron chi connectivity index (χ2n) is 7.81. The molecule has 0 bridgehead atoms. The van der Waals surface area contributed by atoms with Gasteiger partial charge in [0, 0.05) is 13.1 Å². The minimum Gasteiger partial charge on any atom is -0.488 e. The fraction of sp³-hybridized carbons (Fsp3) is 0.571. The van der Waals surface area contributed by atoms with Gasteiger partial charge in [-0.15, -0.1) is 0 Å². The molecule has 0 radical (unpaired) electrons. The molecule has 2 rings (SSSR count). The van der Waals surface area contributed by atoms with Gasteiger partial charge in [0.05, 0.1) is 13.1 Å². The molecule has 0 aromatic heterocycles. The van der Waals surface area contributed by atoms with Gasteiger partial charge in [-0.2, -0.15) is 5.26 Å². The normalized spacial score (nSPS) is 16.1. The number of hydrogen-bond acceptors (Lipinski definition) is 5. The van der Waals surface area contributed by atoms with Crippen molar-refractivity contribution in [1.29, 1.82) is 5.26 Å². The number of nitriles is 1. The molecule has 1 unspecified atom stereocenters. The van der Waals surface area contributed by atoms with Crippen molar-refractivity contribution in [2.75, 3.05) is 26.2 Å². The third-order valence-electron chi connectivity index (χ3n) is 4.24. The molecule has 158 valence electrons. The molecule has 0 spiro atoms. The number of nitrogens with zero attached hydrogens (tertiary/aromatic N) is 3. The fourth-order valence-corrected chi connectivity index (χ4v) is 2.98. The molecule has 1 aromatic carbocycles. The van der Waals surface area contributed by atoms with Gasteiger partial charge in [-0.25, -0.2) is 4.79 Å². The number of aliphatic imine (C=N–C) groups is 1. The van der Waals surface area contributed by atoms with Crippen molar-refractivity contribution in [3.05, 3.63) is 29.8 Å². The van der Waals surface area contributed by atoms with Gasteiger partial charge >= 0.3 is 6.09 Å². The van der Waals surface area contributed by atoms with Gasteiger partial charge in [-0.3, -0.25) is 10.3 Å². The molecule has 0 saturated heterocycles. The number of nitrogens with one attached hydrogen (secondary N) is 2. The largest absolute Gasteiger partial charge is 0.488 e. The van der Waals surface area contributed by atoms with Crippen LogP contribution in [0, 0.1) is 11.5 Å². The van der Waals surface area contributed by atoms with E-state index in [4.69, 9.17) is 14.7 Å². The molecule has 1 amide bonds. The van der Waals surface area contributed by atoms with Gasteiger partial charge in [-0.05, 0) is 52.2 Å². The highest BCUT2D eigenvalue weighted by molar-refractivity contribution is 5.81. The van der Waals surface area contributed by atoms with Crippen molar-refractivity contribution in [3.8, 4) is 11.9 Å². The van der Waals surface area contributed by atoms with Gasteiger partial charge in [0.25, 0.3) is 0 Å². The van der Waals surface area contributed by atoms with Crippen LogP contribution in [0.4, 0.5) is 4.79 Å². The van der Waals surface area contributed by atoms with Gasteiger partial charge in [0.15, 0.2) is 6.19 Å². The summed E-state index contributed by atoms with van der Waals surface area (Å²) in [6.07, 6.45) is 3.10. The van der Waals surface area contributed by atoms with Crippen molar-refractivity contribution in [2.24, 2.45) is 4.99 Å². The minimum atomic E-state index is -0.587. The summed E-state index contributed by atoms with van der Waals surface area (Å²) in [4.78, 5) is 18.7. The number of aryl methyl sites for hydroxylation is 1. The molecule has 1 aromatic rings. The first-order chi connectivity index (χ1) is 13.8. The van der Waals surface area contributed by atoms with E-state index in [0.717, 1.165) is 18.6 Å². The lowest BCUT2D eigenvalue weighted by Crippen LogP contribution is -2.45. The Balaban J connectivity index is 2.04. The lowest BCUT2D eigenvalue weighted by molar-refractivity contribution is 0.0160. The van der Waals surface area contributed by atoms with Crippen molar-refractivity contribution in [1.82, 2.24) is 15.5 Å². The highest BCUT2D eigenvalue weighted by Crippen LogP contribution is 2.27. The Morgan fingerprint density at radius 1 is 1.41 bits per heavy atom. The molecule has 1 heterocycles. The molecular weight excluding hydrogens is 370 g/mol. The van der Waals surface area contributed by atoms with E-state index >= 15 is 0 Å². The van der Waals surface area contributed by atoms with Gasteiger partial charge in [0.1, 0.15) is 17.5 Å². The second-order valence-corrected chi connectivity index (χ2v) is 7.81. The van der Waals surface area contributed by atoms with Crippen LogP contribution in [0.2, 0.25) is 0 Å². The smallest absolute Gasteiger partial charge is 0.410 e. The van der Waals surface area contributed by atoms with Gasteiger partial charge < -0.3 is 19.7 Å². The van der Waals surface area contributed by atoms with E-state index < -0.39 is 11.7 Å². The topological polar surface area (TPSA) is 99.0 Å². The second kappa shape index (κ2) is 10.6. The molecule has 8 nitrogen and oxygen atoms in total. The standard InChI is InChI=1S/C21H31N5O3/c1-5-23-19(25-15-22)24-12-13-26(20(27)29-21(2,3)4)14-17-11-10-16-8-6-7-9-18(16)28-17/h6-9,17H,5,10-14H2,1-4H3,(H2,23,24,25). The first-order valence-corrected chi connectivity index (χ1v) is 9.98. The molecule has 0 aliphatic carbocycles. The first kappa shape index (κ1) is 22.3. The van der Waals surface area contributed by atoms with E-state index in [1.807, 2.05) is 52.1 Å². The number of fused-ring (bicyclic) bond motifs is 1. The van der Waals surface area contributed by atoms with E-state index in [1.165, 1.54) is 5.56 Å². The maximum atomic E-state index is 12.7. The summed E-state index contributed by atoms with van der Waals surface area (Å²) in [5.41, 5.74) is 0.602. The van der Waals surface area contributed by atoms with Crippen LogP contribution in [0.1, 0.15) is 39.7 Å². The Morgan fingerprint density at radius 3 is 2.86 bits per heavy atom. The van der Waals surface area contributed by atoms with E-state index in [0.29, 0.717) is 32.1 Å². The average molecular weight is 402 g/mol. The molecule has 1 atom stereocenters. The zero-order chi connectivity index (χ0) is 21.3. The number of guanidine groups is 1. The molecule has 8 heteroatoms. The van der Waals surface area contributed by atoms with Crippen LogP contribution in [0.5, 0.6) is 5.75 Å². The highest BCUT2D eigenvalue weighted by atomic mass is 16.6. The van der Waals surface area contributed by atoms with Crippen molar-refractivity contribution < 1.29 is 14.3 Å². The summed E-state index contributed by atoms with van der Waals surface area (Å²) in [6.45, 7) is 9.19. The van der Waals surface area contributed by atoms with Crippen molar-refractivity contribution in [2.45, 2.75) is 52.2 Å². The van der Waals surface area contributed by atoms with E-state index in [1.54, 1.807) is 4.90 Å². The minimum absolute atomic E-state index is 0.105. The molecule has 2 N–H and O–H groups in total. The Labute approximate surface area is 172 Å². The summed E-state index contributed by atoms with van der Waals surface area (Å²) in [5, 5.41) is 14.3. The van der Waals surface area contributed by atoms with Crippen LogP contribution >= 0.6 is 0 Å². The van der Waals surface area contributed by atoms with Crippen LogP contribution in [0.3, 0.4) is 0 Å². The number of carbonyl (C=O) groups excluding carboxylic acids is 1. The highest BCUT2D eigenvalue weighted by Gasteiger charge is 2.27. The molecule has 29 heavy (non-hydrogen) atoms. The maximum Gasteiger partial charge on any atom is 0.410 e. The Morgan fingerprint density at radius 2 is 2.17 bits per heavy atom. The zero-order valence-corrected chi connectivity index (χ0v) is 17.7. The monoisotopic (exact) mass is 401 g/mol. The summed E-state index contributed by atoms with van der Waals surface area (Å²) in [7, 11) is 0. The summed E-state index contributed by atoms with van der Waals surface area (Å²) in [5.74, 6) is 1.26. The molecule has 1 aliphatic heterocycles. The Kier molecular flexibility index (Phi) is 8.13. The van der Waals surface area contributed by atoms with Crippen molar-refractivity contribution in [3.63, 3.8) is 0 Å². The summed E-state index contributed by atoms with van der Waals surface area (Å²) < 4.78 is 11.7. The van der Waals surface area contributed by atoms with Crippen LogP contribution in [0.15, 0.2) is 29.3 Å². The third kappa shape index (κ3) is 7.53. The first-order valence-electron chi connectivity index (χ1n) is 9.98.